The average Bonchev–Trinajstić information content (AvgIpc) is 3.30. The lowest BCUT2D eigenvalue weighted by Gasteiger charge is -2.35. The van der Waals surface area contributed by atoms with Crippen molar-refractivity contribution in [2.75, 3.05) is 0 Å². The molecule has 1 fully saturated rings. The molecule has 4 rings (SSSR count). The molecule has 3 nitrogen and oxygen atoms in total. The molecule has 0 atom stereocenters. The first kappa shape index (κ1) is 23.4. The summed E-state index contributed by atoms with van der Waals surface area (Å²) in [6, 6.07) is 23.5. The van der Waals surface area contributed by atoms with Crippen molar-refractivity contribution in [1.29, 1.82) is 0 Å². The highest BCUT2D eigenvalue weighted by molar-refractivity contribution is 5.94. The smallest absolute Gasteiger partial charge is 0.254 e. The Balaban J connectivity index is 1.51. The third-order valence-corrected chi connectivity index (χ3v) is 7.00. The van der Waals surface area contributed by atoms with E-state index in [9.17, 15) is 4.79 Å². The van der Waals surface area contributed by atoms with Crippen LogP contribution in [0.25, 0.3) is 0 Å². The van der Waals surface area contributed by atoms with E-state index < -0.39 is 0 Å². The van der Waals surface area contributed by atoms with Gasteiger partial charge in [-0.2, -0.15) is 0 Å². The van der Waals surface area contributed by atoms with Crippen molar-refractivity contribution in [2.24, 2.45) is 0 Å². The fraction of sp³-hybridized carbons (Fsp3) is 0.433. The largest absolute Gasteiger partial charge is 0.345 e. The summed E-state index contributed by atoms with van der Waals surface area (Å²) in [5, 5.41) is 0. The lowest BCUT2D eigenvalue weighted by molar-refractivity contribution is 0.0608. The van der Waals surface area contributed by atoms with Crippen molar-refractivity contribution >= 4 is 5.91 Å². The van der Waals surface area contributed by atoms with Crippen molar-refractivity contribution in [1.82, 2.24) is 9.47 Å². The van der Waals surface area contributed by atoms with Gasteiger partial charge < -0.3 is 9.47 Å². The second kappa shape index (κ2) is 11.9. The Kier molecular flexibility index (Phi) is 8.41. The topological polar surface area (TPSA) is 25.2 Å². The summed E-state index contributed by atoms with van der Waals surface area (Å²) in [5.41, 5.74) is 4.64. The number of carbonyl (C=O) groups excluding carboxylic acids is 1. The van der Waals surface area contributed by atoms with E-state index in [-0.39, 0.29) is 5.91 Å². The minimum atomic E-state index is 0.175. The zero-order valence-corrected chi connectivity index (χ0v) is 20.1. The maximum absolute atomic E-state index is 13.7. The Bertz CT molecular complexity index is 984. The van der Waals surface area contributed by atoms with E-state index in [1.807, 2.05) is 12.1 Å². The molecule has 1 aromatic heterocycles. The second-order valence-corrected chi connectivity index (χ2v) is 9.49. The molecule has 1 heterocycles. The van der Waals surface area contributed by atoms with Gasteiger partial charge in [0.15, 0.2) is 0 Å². The van der Waals surface area contributed by atoms with Crippen molar-refractivity contribution in [2.45, 2.75) is 83.8 Å². The molecule has 0 saturated heterocycles. The number of unbranched alkanes of at least 4 members (excludes halogenated alkanes) is 2. The van der Waals surface area contributed by atoms with Crippen molar-refractivity contribution in [3.63, 3.8) is 0 Å². The first-order valence-electron chi connectivity index (χ1n) is 12.8. The van der Waals surface area contributed by atoms with Gasteiger partial charge in [-0.15, -0.1) is 0 Å². The Morgan fingerprint density at radius 3 is 2.36 bits per heavy atom. The Morgan fingerprint density at radius 1 is 0.879 bits per heavy atom. The van der Waals surface area contributed by atoms with Gasteiger partial charge in [0, 0.05) is 30.0 Å². The van der Waals surface area contributed by atoms with Gasteiger partial charge >= 0.3 is 0 Å². The van der Waals surface area contributed by atoms with Crippen LogP contribution in [0, 0.1) is 0 Å². The first-order valence-corrected chi connectivity index (χ1v) is 12.8. The van der Waals surface area contributed by atoms with Crippen LogP contribution in [0.3, 0.4) is 0 Å². The molecule has 1 aliphatic rings. The summed E-state index contributed by atoms with van der Waals surface area (Å²) in [4.78, 5) is 15.9. The zero-order chi connectivity index (χ0) is 22.9. The number of nitrogens with zero attached hydrogens (tertiary/aromatic N) is 2. The van der Waals surface area contributed by atoms with Crippen LogP contribution in [0.1, 0.15) is 85.5 Å². The number of hydrogen-bond acceptors (Lipinski definition) is 1. The predicted octanol–water partition coefficient (Wildman–Crippen LogP) is 7.24. The van der Waals surface area contributed by atoms with Gasteiger partial charge in [0.25, 0.3) is 5.91 Å². The maximum Gasteiger partial charge on any atom is 0.254 e. The van der Waals surface area contributed by atoms with Crippen molar-refractivity contribution in [3.05, 3.63) is 95.3 Å². The minimum absolute atomic E-state index is 0.175. The number of aryl methyl sites for hydroxylation is 1. The van der Waals surface area contributed by atoms with Crippen LogP contribution < -0.4 is 0 Å². The number of hydrogen-bond donors (Lipinski definition) is 0. The summed E-state index contributed by atoms with van der Waals surface area (Å²) in [7, 11) is 0. The highest BCUT2D eigenvalue weighted by Gasteiger charge is 2.27. The lowest BCUT2D eigenvalue weighted by atomic mass is 9.93. The van der Waals surface area contributed by atoms with Crippen LogP contribution >= 0.6 is 0 Å². The highest BCUT2D eigenvalue weighted by Crippen LogP contribution is 2.26. The molecule has 0 unspecified atom stereocenters. The number of rotatable bonds is 10. The SMILES string of the molecule is CCCCCc1ccc(C(=O)N(Cc2cccn2Cc2ccccc2)C2CCCCC2)cc1. The molecular formula is C30H38N2O. The average molecular weight is 443 g/mol. The number of amides is 1. The summed E-state index contributed by atoms with van der Waals surface area (Å²) < 4.78 is 2.29. The third-order valence-electron chi connectivity index (χ3n) is 7.00. The minimum Gasteiger partial charge on any atom is -0.345 e. The quantitative estimate of drug-likeness (QED) is 0.304. The second-order valence-electron chi connectivity index (χ2n) is 9.49. The fourth-order valence-corrected chi connectivity index (χ4v) is 5.02. The summed E-state index contributed by atoms with van der Waals surface area (Å²) in [6.45, 7) is 3.74. The number of carbonyl (C=O) groups is 1. The van der Waals surface area contributed by atoms with Crippen LogP contribution in [0.2, 0.25) is 0 Å². The van der Waals surface area contributed by atoms with Gasteiger partial charge in [-0.1, -0.05) is 81.5 Å². The van der Waals surface area contributed by atoms with Crippen LogP contribution in [0.5, 0.6) is 0 Å². The fourth-order valence-electron chi connectivity index (χ4n) is 5.02. The molecule has 2 aromatic carbocycles. The Hall–Kier alpha value is -2.81. The van der Waals surface area contributed by atoms with Crippen LogP contribution in [-0.2, 0) is 19.5 Å². The van der Waals surface area contributed by atoms with Gasteiger partial charge in [0.05, 0.1) is 6.54 Å². The van der Waals surface area contributed by atoms with Gasteiger partial charge in [-0.05, 0) is 61.1 Å². The van der Waals surface area contributed by atoms with E-state index in [0.29, 0.717) is 12.6 Å². The molecule has 0 bridgehead atoms. The summed E-state index contributed by atoms with van der Waals surface area (Å²) in [5.74, 6) is 0.175. The predicted molar refractivity (Wildman–Crippen MR) is 136 cm³/mol. The van der Waals surface area contributed by atoms with E-state index in [1.165, 1.54) is 55.3 Å². The van der Waals surface area contributed by atoms with E-state index >= 15 is 0 Å². The van der Waals surface area contributed by atoms with Crippen molar-refractivity contribution in [3.8, 4) is 0 Å². The molecular weight excluding hydrogens is 404 g/mol. The number of benzene rings is 2. The molecule has 0 aliphatic heterocycles. The van der Waals surface area contributed by atoms with Gasteiger partial charge in [-0.25, -0.2) is 0 Å². The zero-order valence-electron chi connectivity index (χ0n) is 20.1. The van der Waals surface area contributed by atoms with Crippen LogP contribution in [-0.4, -0.2) is 21.4 Å². The van der Waals surface area contributed by atoms with Crippen LogP contribution in [0.15, 0.2) is 72.9 Å². The molecule has 3 heteroatoms. The van der Waals surface area contributed by atoms with Crippen LogP contribution in [0.4, 0.5) is 0 Å². The van der Waals surface area contributed by atoms with Gasteiger partial charge in [0.1, 0.15) is 0 Å². The first-order chi connectivity index (χ1) is 16.2. The molecule has 174 valence electrons. The Morgan fingerprint density at radius 2 is 1.64 bits per heavy atom. The standard InChI is InChI=1S/C30H38N2O/c1-2-3-6-12-25-18-20-27(21-19-25)30(33)32(28-15-9-5-10-16-28)24-29-17-11-22-31(29)23-26-13-7-4-8-14-26/h4,7-8,11,13-14,17-22,28H,2-3,5-6,9-10,12,15-16,23-24H2,1H3. The maximum atomic E-state index is 13.7. The molecule has 3 aromatic rings. The van der Waals surface area contributed by atoms with E-state index in [0.717, 1.165) is 31.4 Å². The molecule has 1 aliphatic carbocycles. The van der Waals surface area contributed by atoms with E-state index in [1.54, 1.807) is 0 Å². The van der Waals surface area contributed by atoms with Crippen molar-refractivity contribution < 1.29 is 4.79 Å². The monoisotopic (exact) mass is 442 g/mol. The summed E-state index contributed by atoms with van der Waals surface area (Å²) in [6.07, 6.45) is 12.9. The highest BCUT2D eigenvalue weighted by atomic mass is 16.2. The summed E-state index contributed by atoms with van der Waals surface area (Å²) >= 11 is 0. The molecule has 0 spiro atoms. The van der Waals surface area contributed by atoms with E-state index in [4.69, 9.17) is 0 Å². The normalized spacial score (nSPS) is 14.3. The molecule has 0 N–H and O–H groups in total. The molecule has 1 amide bonds. The van der Waals surface area contributed by atoms with Gasteiger partial charge in [0.2, 0.25) is 0 Å². The van der Waals surface area contributed by atoms with Gasteiger partial charge in [-0.3, -0.25) is 4.79 Å². The molecule has 1 saturated carbocycles. The molecule has 33 heavy (non-hydrogen) atoms. The lowest BCUT2D eigenvalue weighted by Crippen LogP contribution is -2.41. The third kappa shape index (κ3) is 6.37. The Labute approximate surface area is 199 Å². The number of aromatic nitrogens is 1. The molecule has 0 radical (unpaired) electrons. The van der Waals surface area contributed by atoms with E-state index in [2.05, 4.69) is 77.2 Å².